The van der Waals surface area contributed by atoms with E-state index in [0.717, 1.165) is 31.7 Å². The van der Waals surface area contributed by atoms with Crippen LogP contribution in [0.15, 0.2) is 36.5 Å². The van der Waals surface area contributed by atoms with Gasteiger partial charge >= 0.3 is 0 Å². The standard InChI is InChI=1S/C16H21N3/c1-13(2)18-8-10-19(11-9-18)15-5-6-16-14(12-15)4-3-7-17-16/h3-7,12-13H,8-11H2,1-2H3. The number of piperazine rings is 1. The van der Waals surface area contributed by atoms with Crippen molar-refractivity contribution in [2.24, 2.45) is 0 Å². The van der Waals surface area contributed by atoms with Crippen molar-refractivity contribution in [2.45, 2.75) is 19.9 Å². The quantitative estimate of drug-likeness (QED) is 0.822. The van der Waals surface area contributed by atoms with Crippen molar-refractivity contribution in [1.29, 1.82) is 0 Å². The highest BCUT2D eigenvalue weighted by Gasteiger charge is 2.18. The van der Waals surface area contributed by atoms with Gasteiger partial charge in [0.1, 0.15) is 0 Å². The monoisotopic (exact) mass is 255 g/mol. The second kappa shape index (κ2) is 5.17. The van der Waals surface area contributed by atoms with Gasteiger partial charge in [0.25, 0.3) is 0 Å². The highest BCUT2D eigenvalue weighted by molar-refractivity contribution is 5.82. The summed E-state index contributed by atoms with van der Waals surface area (Å²) < 4.78 is 0. The second-order valence-corrected chi connectivity index (χ2v) is 5.50. The molecule has 0 N–H and O–H groups in total. The van der Waals surface area contributed by atoms with Gasteiger partial charge in [0.05, 0.1) is 5.52 Å². The minimum Gasteiger partial charge on any atom is -0.369 e. The smallest absolute Gasteiger partial charge is 0.0703 e. The third kappa shape index (κ3) is 2.56. The summed E-state index contributed by atoms with van der Waals surface area (Å²) in [7, 11) is 0. The van der Waals surface area contributed by atoms with Crippen LogP contribution in [0.1, 0.15) is 13.8 Å². The Labute approximate surface area is 114 Å². The van der Waals surface area contributed by atoms with Crippen molar-refractivity contribution in [3.05, 3.63) is 36.5 Å². The fraction of sp³-hybridized carbons (Fsp3) is 0.438. The lowest BCUT2D eigenvalue weighted by molar-refractivity contribution is 0.209. The SMILES string of the molecule is CC(C)N1CCN(c2ccc3ncccc3c2)CC1. The first-order valence-corrected chi connectivity index (χ1v) is 7.08. The molecule has 1 saturated heterocycles. The molecule has 3 rings (SSSR count). The predicted molar refractivity (Wildman–Crippen MR) is 80.7 cm³/mol. The number of pyridine rings is 1. The molecule has 0 aliphatic carbocycles. The summed E-state index contributed by atoms with van der Waals surface area (Å²) in [6.07, 6.45) is 1.85. The van der Waals surface area contributed by atoms with E-state index in [0.29, 0.717) is 6.04 Å². The van der Waals surface area contributed by atoms with E-state index in [4.69, 9.17) is 0 Å². The van der Waals surface area contributed by atoms with Gasteiger partial charge in [-0.3, -0.25) is 9.88 Å². The molecule has 0 bridgehead atoms. The van der Waals surface area contributed by atoms with Gasteiger partial charge in [-0.15, -0.1) is 0 Å². The van der Waals surface area contributed by atoms with Crippen LogP contribution in [0.2, 0.25) is 0 Å². The molecule has 3 nitrogen and oxygen atoms in total. The first-order valence-electron chi connectivity index (χ1n) is 7.08. The highest BCUT2D eigenvalue weighted by atomic mass is 15.3. The topological polar surface area (TPSA) is 19.4 Å². The van der Waals surface area contributed by atoms with Crippen LogP contribution < -0.4 is 4.90 Å². The summed E-state index contributed by atoms with van der Waals surface area (Å²) in [5.41, 5.74) is 2.40. The third-order valence-corrected chi connectivity index (χ3v) is 4.00. The van der Waals surface area contributed by atoms with Crippen LogP contribution in [0.5, 0.6) is 0 Å². The molecule has 3 heteroatoms. The number of hydrogen-bond donors (Lipinski definition) is 0. The van der Waals surface area contributed by atoms with E-state index in [1.54, 1.807) is 0 Å². The second-order valence-electron chi connectivity index (χ2n) is 5.50. The molecule has 1 aromatic heterocycles. The van der Waals surface area contributed by atoms with Crippen molar-refractivity contribution >= 4 is 16.6 Å². The minimum absolute atomic E-state index is 0.656. The summed E-state index contributed by atoms with van der Waals surface area (Å²) >= 11 is 0. The van der Waals surface area contributed by atoms with Gasteiger partial charge in [0.15, 0.2) is 0 Å². The first-order chi connectivity index (χ1) is 9.24. The predicted octanol–water partition coefficient (Wildman–Crippen LogP) is 2.77. The van der Waals surface area contributed by atoms with Crippen molar-refractivity contribution in [2.75, 3.05) is 31.1 Å². The number of hydrogen-bond acceptors (Lipinski definition) is 3. The van der Waals surface area contributed by atoms with Crippen molar-refractivity contribution in [3.63, 3.8) is 0 Å². The van der Waals surface area contributed by atoms with E-state index in [2.05, 4.69) is 52.9 Å². The van der Waals surface area contributed by atoms with Crippen LogP contribution in [0.4, 0.5) is 5.69 Å². The molecule has 1 aromatic carbocycles. The zero-order chi connectivity index (χ0) is 13.2. The Bertz CT molecular complexity index is 557. The van der Waals surface area contributed by atoms with Gasteiger partial charge in [-0.2, -0.15) is 0 Å². The van der Waals surface area contributed by atoms with E-state index >= 15 is 0 Å². The van der Waals surface area contributed by atoms with Gasteiger partial charge in [0.2, 0.25) is 0 Å². The van der Waals surface area contributed by atoms with Gasteiger partial charge < -0.3 is 4.90 Å². The zero-order valence-electron chi connectivity index (χ0n) is 11.7. The molecule has 19 heavy (non-hydrogen) atoms. The maximum absolute atomic E-state index is 4.38. The Morgan fingerprint density at radius 1 is 1.05 bits per heavy atom. The van der Waals surface area contributed by atoms with Gasteiger partial charge in [-0.1, -0.05) is 6.07 Å². The zero-order valence-corrected chi connectivity index (χ0v) is 11.7. The molecule has 0 radical (unpaired) electrons. The van der Waals surface area contributed by atoms with E-state index in [-0.39, 0.29) is 0 Å². The molecule has 2 aromatic rings. The summed E-state index contributed by atoms with van der Waals surface area (Å²) in [6, 6.07) is 11.4. The first kappa shape index (κ1) is 12.4. The van der Waals surface area contributed by atoms with Gasteiger partial charge in [0, 0.05) is 49.5 Å². The van der Waals surface area contributed by atoms with Crippen LogP contribution in [-0.2, 0) is 0 Å². The number of fused-ring (bicyclic) bond motifs is 1. The van der Waals surface area contributed by atoms with Gasteiger partial charge in [-0.05, 0) is 38.1 Å². The van der Waals surface area contributed by atoms with Crippen LogP contribution in [0, 0.1) is 0 Å². The Balaban J connectivity index is 1.78. The Morgan fingerprint density at radius 2 is 1.84 bits per heavy atom. The lowest BCUT2D eigenvalue weighted by Gasteiger charge is -2.38. The maximum atomic E-state index is 4.38. The minimum atomic E-state index is 0.656. The van der Waals surface area contributed by atoms with Crippen LogP contribution >= 0.6 is 0 Å². The van der Waals surface area contributed by atoms with E-state index in [1.807, 2.05) is 12.3 Å². The van der Waals surface area contributed by atoms with Crippen molar-refractivity contribution in [1.82, 2.24) is 9.88 Å². The molecule has 1 fully saturated rings. The number of anilines is 1. The number of benzene rings is 1. The van der Waals surface area contributed by atoms with Crippen molar-refractivity contribution < 1.29 is 0 Å². The molecule has 0 unspecified atom stereocenters. The van der Waals surface area contributed by atoms with Gasteiger partial charge in [-0.25, -0.2) is 0 Å². The van der Waals surface area contributed by atoms with Crippen LogP contribution in [-0.4, -0.2) is 42.1 Å². The van der Waals surface area contributed by atoms with E-state index in [1.165, 1.54) is 11.1 Å². The molecular weight excluding hydrogens is 234 g/mol. The van der Waals surface area contributed by atoms with Crippen LogP contribution in [0.3, 0.4) is 0 Å². The molecule has 0 saturated carbocycles. The number of rotatable bonds is 2. The summed E-state index contributed by atoms with van der Waals surface area (Å²) in [5.74, 6) is 0. The molecule has 0 amide bonds. The fourth-order valence-corrected chi connectivity index (χ4v) is 2.76. The number of nitrogens with zero attached hydrogens (tertiary/aromatic N) is 3. The Hall–Kier alpha value is -1.61. The lowest BCUT2D eigenvalue weighted by Crippen LogP contribution is -2.48. The summed E-state index contributed by atoms with van der Waals surface area (Å²) in [4.78, 5) is 9.39. The average Bonchev–Trinajstić information content (AvgIpc) is 2.47. The lowest BCUT2D eigenvalue weighted by atomic mass is 10.1. The molecule has 2 heterocycles. The van der Waals surface area contributed by atoms with Crippen LogP contribution in [0.25, 0.3) is 10.9 Å². The largest absolute Gasteiger partial charge is 0.369 e. The third-order valence-electron chi connectivity index (χ3n) is 4.00. The Morgan fingerprint density at radius 3 is 2.58 bits per heavy atom. The number of aromatic nitrogens is 1. The molecular formula is C16H21N3. The van der Waals surface area contributed by atoms with Crippen molar-refractivity contribution in [3.8, 4) is 0 Å². The highest BCUT2D eigenvalue weighted by Crippen LogP contribution is 2.22. The molecule has 0 spiro atoms. The summed E-state index contributed by atoms with van der Waals surface area (Å²) in [6.45, 7) is 9.09. The molecule has 100 valence electrons. The molecule has 0 atom stereocenters. The Kier molecular flexibility index (Phi) is 3.38. The normalized spacial score (nSPS) is 17.3. The van der Waals surface area contributed by atoms with E-state index in [9.17, 15) is 0 Å². The maximum Gasteiger partial charge on any atom is 0.0703 e. The molecule has 1 aliphatic heterocycles. The summed E-state index contributed by atoms with van der Waals surface area (Å²) in [5, 5.41) is 1.23. The average molecular weight is 255 g/mol. The van der Waals surface area contributed by atoms with E-state index < -0.39 is 0 Å². The molecule has 1 aliphatic rings. The fourth-order valence-electron chi connectivity index (χ4n) is 2.76.